The van der Waals surface area contributed by atoms with Crippen molar-refractivity contribution in [2.75, 3.05) is 26.0 Å². The van der Waals surface area contributed by atoms with E-state index in [0.717, 1.165) is 0 Å². The molecule has 9 heteroatoms. The van der Waals surface area contributed by atoms with Gasteiger partial charge in [0, 0.05) is 25.2 Å². The van der Waals surface area contributed by atoms with Crippen LogP contribution in [0.1, 0.15) is 16.9 Å². The number of ether oxygens (including phenoxy) is 1. The monoisotopic (exact) mass is 324 g/mol. The van der Waals surface area contributed by atoms with Crippen LogP contribution < -0.4 is 0 Å². The van der Waals surface area contributed by atoms with Gasteiger partial charge in [0.2, 0.25) is 10.0 Å². The van der Waals surface area contributed by atoms with Gasteiger partial charge in [-0.1, -0.05) is 0 Å². The SMILES string of the molecule is CS(=O)(=O)N1CC[C@@H](COC(=O)c2ncnc3[nH]ccc23)C1. The van der Waals surface area contributed by atoms with Crippen LogP contribution in [-0.4, -0.2) is 59.6 Å². The van der Waals surface area contributed by atoms with E-state index < -0.39 is 16.0 Å². The number of aromatic amines is 1. The summed E-state index contributed by atoms with van der Waals surface area (Å²) >= 11 is 0. The maximum absolute atomic E-state index is 12.1. The summed E-state index contributed by atoms with van der Waals surface area (Å²) in [5.41, 5.74) is 0.787. The van der Waals surface area contributed by atoms with Crippen LogP contribution in [0.25, 0.3) is 11.0 Å². The lowest BCUT2D eigenvalue weighted by Gasteiger charge is -2.13. The van der Waals surface area contributed by atoms with Gasteiger partial charge in [0.05, 0.1) is 18.2 Å². The fraction of sp³-hybridized carbons (Fsp3) is 0.462. The fourth-order valence-electron chi connectivity index (χ4n) is 2.53. The van der Waals surface area contributed by atoms with E-state index in [1.165, 1.54) is 16.9 Å². The Kier molecular flexibility index (Phi) is 3.83. The predicted octanol–water partition coefficient (Wildman–Crippen LogP) is 0.396. The van der Waals surface area contributed by atoms with E-state index in [-0.39, 0.29) is 18.2 Å². The third-order valence-corrected chi connectivity index (χ3v) is 4.98. The molecule has 3 rings (SSSR count). The molecule has 2 aromatic rings. The summed E-state index contributed by atoms with van der Waals surface area (Å²) in [6, 6.07) is 1.72. The molecule has 0 spiro atoms. The molecular formula is C13H16N4O4S. The number of rotatable bonds is 4. The molecule has 1 atom stereocenters. The topological polar surface area (TPSA) is 105 Å². The lowest BCUT2D eigenvalue weighted by Crippen LogP contribution is -2.28. The summed E-state index contributed by atoms with van der Waals surface area (Å²) in [7, 11) is -3.18. The fourth-order valence-corrected chi connectivity index (χ4v) is 3.45. The molecule has 0 saturated carbocycles. The highest BCUT2D eigenvalue weighted by Gasteiger charge is 2.29. The molecule has 22 heavy (non-hydrogen) atoms. The van der Waals surface area contributed by atoms with E-state index in [1.807, 2.05) is 0 Å². The minimum Gasteiger partial charge on any atom is -0.461 e. The van der Waals surface area contributed by atoms with Crippen LogP contribution in [0.15, 0.2) is 18.6 Å². The number of nitrogens with zero attached hydrogens (tertiary/aromatic N) is 3. The van der Waals surface area contributed by atoms with Crippen LogP contribution in [0.5, 0.6) is 0 Å². The number of aromatic nitrogens is 3. The summed E-state index contributed by atoms with van der Waals surface area (Å²) < 4.78 is 29.6. The number of nitrogens with one attached hydrogen (secondary N) is 1. The first-order valence-corrected chi connectivity index (χ1v) is 8.70. The Morgan fingerprint density at radius 3 is 3.05 bits per heavy atom. The zero-order valence-electron chi connectivity index (χ0n) is 12.0. The largest absolute Gasteiger partial charge is 0.461 e. The van der Waals surface area contributed by atoms with Gasteiger partial charge in [0.25, 0.3) is 0 Å². The van der Waals surface area contributed by atoms with Gasteiger partial charge in [0.1, 0.15) is 12.0 Å². The number of esters is 1. The molecule has 0 bridgehead atoms. The molecule has 8 nitrogen and oxygen atoms in total. The minimum atomic E-state index is -3.18. The maximum Gasteiger partial charge on any atom is 0.357 e. The molecule has 1 fully saturated rings. The van der Waals surface area contributed by atoms with Crippen molar-refractivity contribution < 1.29 is 17.9 Å². The van der Waals surface area contributed by atoms with Crippen molar-refractivity contribution in [1.82, 2.24) is 19.3 Å². The third kappa shape index (κ3) is 2.95. The zero-order chi connectivity index (χ0) is 15.7. The molecule has 3 heterocycles. The second-order valence-corrected chi connectivity index (χ2v) is 7.32. The number of hydrogen-bond donors (Lipinski definition) is 1. The Balaban J connectivity index is 1.63. The van der Waals surface area contributed by atoms with Gasteiger partial charge in [-0.15, -0.1) is 0 Å². The molecule has 118 valence electrons. The first kappa shape index (κ1) is 14.9. The summed E-state index contributed by atoms with van der Waals surface area (Å²) in [6.45, 7) is 1.03. The van der Waals surface area contributed by atoms with Crippen molar-refractivity contribution in [1.29, 1.82) is 0 Å². The lowest BCUT2D eigenvalue weighted by atomic mass is 10.1. The first-order valence-electron chi connectivity index (χ1n) is 6.85. The Morgan fingerprint density at radius 1 is 1.50 bits per heavy atom. The summed E-state index contributed by atoms with van der Waals surface area (Å²) in [6.07, 6.45) is 4.85. The van der Waals surface area contributed by atoms with Crippen LogP contribution in [0, 0.1) is 5.92 Å². The van der Waals surface area contributed by atoms with E-state index in [1.54, 1.807) is 12.3 Å². The van der Waals surface area contributed by atoms with Gasteiger partial charge in [-0.05, 0) is 12.5 Å². The molecule has 1 aliphatic heterocycles. The van der Waals surface area contributed by atoms with Crippen molar-refractivity contribution in [2.45, 2.75) is 6.42 Å². The Bertz CT molecular complexity index is 801. The van der Waals surface area contributed by atoms with Crippen LogP contribution in [-0.2, 0) is 14.8 Å². The lowest BCUT2D eigenvalue weighted by molar-refractivity contribution is 0.0443. The summed E-state index contributed by atoms with van der Waals surface area (Å²) in [5.74, 6) is -0.507. The number of fused-ring (bicyclic) bond motifs is 1. The third-order valence-electron chi connectivity index (χ3n) is 3.72. The van der Waals surface area contributed by atoms with Gasteiger partial charge in [-0.2, -0.15) is 0 Å². The molecule has 1 N–H and O–H groups in total. The number of carbonyl (C=O) groups is 1. The van der Waals surface area contributed by atoms with E-state index >= 15 is 0 Å². The van der Waals surface area contributed by atoms with Gasteiger partial charge < -0.3 is 9.72 Å². The van der Waals surface area contributed by atoms with Crippen molar-refractivity contribution in [3.63, 3.8) is 0 Å². The molecule has 0 aliphatic carbocycles. The van der Waals surface area contributed by atoms with Gasteiger partial charge in [-0.3, -0.25) is 0 Å². The van der Waals surface area contributed by atoms with Crippen LogP contribution >= 0.6 is 0 Å². The molecule has 2 aromatic heterocycles. The Morgan fingerprint density at radius 2 is 2.32 bits per heavy atom. The van der Waals surface area contributed by atoms with Crippen LogP contribution in [0.4, 0.5) is 0 Å². The van der Waals surface area contributed by atoms with Gasteiger partial charge in [-0.25, -0.2) is 27.5 Å². The molecule has 0 amide bonds. The van der Waals surface area contributed by atoms with Gasteiger partial charge in [0.15, 0.2) is 5.69 Å². The highest BCUT2D eigenvalue weighted by Crippen LogP contribution is 2.20. The van der Waals surface area contributed by atoms with Crippen molar-refractivity contribution in [2.24, 2.45) is 5.92 Å². The normalized spacial score (nSPS) is 19.6. The summed E-state index contributed by atoms with van der Waals surface area (Å²) in [4.78, 5) is 23.0. The Labute approximate surface area is 127 Å². The molecule has 1 aliphatic rings. The van der Waals surface area contributed by atoms with E-state index in [9.17, 15) is 13.2 Å². The van der Waals surface area contributed by atoms with Crippen molar-refractivity contribution in [3.05, 3.63) is 24.3 Å². The molecule has 1 saturated heterocycles. The standard InChI is InChI=1S/C13H16N4O4S/c1-22(19,20)17-5-3-9(6-17)7-21-13(18)11-10-2-4-14-12(10)16-8-15-11/h2,4,8-9H,3,5-7H2,1H3,(H,14,15,16)/t9-/m1/s1. The Hall–Kier alpha value is -2.00. The molecule has 0 aromatic carbocycles. The quantitative estimate of drug-likeness (QED) is 0.816. The maximum atomic E-state index is 12.1. The average Bonchev–Trinajstić information content (AvgIpc) is 3.12. The smallest absolute Gasteiger partial charge is 0.357 e. The van der Waals surface area contributed by atoms with E-state index in [0.29, 0.717) is 30.5 Å². The zero-order valence-corrected chi connectivity index (χ0v) is 12.8. The number of H-pyrrole nitrogens is 1. The van der Waals surface area contributed by atoms with E-state index in [2.05, 4.69) is 15.0 Å². The van der Waals surface area contributed by atoms with E-state index in [4.69, 9.17) is 4.74 Å². The molecular weight excluding hydrogens is 308 g/mol. The molecule has 0 unspecified atom stereocenters. The highest BCUT2D eigenvalue weighted by atomic mass is 32.2. The minimum absolute atomic E-state index is 0.0160. The highest BCUT2D eigenvalue weighted by molar-refractivity contribution is 7.88. The van der Waals surface area contributed by atoms with Crippen molar-refractivity contribution >= 4 is 27.0 Å². The van der Waals surface area contributed by atoms with Crippen molar-refractivity contribution in [3.8, 4) is 0 Å². The predicted molar refractivity (Wildman–Crippen MR) is 78.7 cm³/mol. The van der Waals surface area contributed by atoms with Crippen LogP contribution in [0.3, 0.4) is 0 Å². The number of sulfonamides is 1. The summed E-state index contributed by atoms with van der Waals surface area (Å²) in [5, 5.41) is 0.608. The van der Waals surface area contributed by atoms with Crippen LogP contribution in [0.2, 0.25) is 0 Å². The first-order chi connectivity index (χ1) is 10.4. The van der Waals surface area contributed by atoms with Gasteiger partial charge >= 0.3 is 5.97 Å². The second-order valence-electron chi connectivity index (χ2n) is 5.34. The number of carbonyl (C=O) groups excluding carboxylic acids is 1. The average molecular weight is 324 g/mol. The second kappa shape index (κ2) is 5.65. The number of hydrogen-bond acceptors (Lipinski definition) is 6. The molecule has 0 radical (unpaired) electrons.